The summed E-state index contributed by atoms with van der Waals surface area (Å²) < 4.78 is 1.97. The van der Waals surface area contributed by atoms with Gasteiger partial charge in [-0.2, -0.15) is 0 Å². The molecule has 0 N–H and O–H groups in total. The van der Waals surface area contributed by atoms with E-state index in [0.29, 0.717) is 17.2 Å². The molecule has 0 aliphatic rings. The lowest BCUT2D eigenvalue weighted by Crippen LogP contribution is -2.30. The standard InChI is InChI=1S/C22H17BrN2OS/c1-15-10-11-19-20(12-15)27-22(24-19)25(14-16-6-3-2-4-7-16)21(26)17-8-5-9-18(23)13-17/h2-13H,14H2,1H3. The van der Waals surface area contributed by atoms with Crippen molar-refractivity contribution >= 4 is 48.5 Å². The van der Waals surface area contributed by atoms with Crippen LogP contribution in [0.5, 0.6) is 0 Å². The maximum Gasteiger partial charge on any atom is 0.260 e. The molecule has 0 bridgehead atoms. The highest BCUT2D eigenvalue weighted by molar-refractivity contribution is 9.10. The number of carbonyl (C=O) groups is 1. The quantitative estimate of drug-likeness (QED) is 0.380. The van der Waals surface area contributed by atoms with Crippen molar-refractivity contribution in [3.63, 3.8) is 0 Å². The second-order valence-electron chi connectivity index (χ2n) is 6.35. The number of nitrogens with zero attached hydrogens (tertiary/aromatic N) is 2. The minimum Gasteiger partial charge on any atom is -0.279 e. The number of aryl methyl sites for hydroxylation is 1. The van der Waals surface area contributed by atoms with Gasteiger partial charge in [0.05, 0.1) is 16.8 Å². The number of amides is 1. The highest BCUT2D eigenvalue weighted by Gasteiger charge is 2.22. The maximum atomic E-state index is 13.3. The van der Waals surface area contributed by atoms with Gasteiger partial charge in [0, 0.05) is 10.0 Å². The fraction of sp³-hybridized carbons (Fsp3) is 0.0909. The summed E-state index contributed by atoms with van der Waals surface area (Å²) in [5.74, 6) is -0.0593. The first kappa shape index (κ1) is 17.9. The molecule has 0 unspecified atom stereocenters. The number of hydrogen-bond acceptors (Lipinski definition) is 3. The average molecular weight is 437 g/mol. The van der Waals surface area contributed by atoms with Crippen LogP contribution in [0.3, 0.4) is 0 Å². The number of aromatic nitrogens is 1. The van der Waals surface area contributed by atoms with Crippen LogP contribution in [0.15, 0.2) is 77.3 Å². The molecular weight excluding hydrogens is 420 g/mol. The summed E-state index contributed by atoms with van der Waals surface area (Å²) in [4.78, 5) is 19.8. The van der Waals surface area contributed by atoms with E-state index in [1.807, 2.05) is 66.7 Å². The minimum absolute atomic E-state index is 0.0593. The van der Waals surface area contributed by atoms with E-state index in [0.717, 1.165) is 20.3 Å². The van der Waals surface area contributed by atoms with Crippen molar-refractivity contribution in [1.82, 2.24) is 4.98 Å². The van der Waals surface area contributed by atoms with Crippen molar-refractivity contribution in [2.45, 2.75) is 13.5 Å². The molecule has 0 fully saturated rings. The first-order valence-corrected chi connectivity index (χ1v) is 10.2. The van der Waals surface area contributed by atoms with Crippen LogP contribution in [0, 0.1) is 6.92 Å². The highest BCUT2D eigenvalue weighted by atomic mass is 79.9. The second kappa shape index (κ2) is 7.62. The van der Waals surface area contributed by atoms with Gasteiger partial charge in [-0.1, -0.05) is 69.7 Å². The summed E-state index contributed by atoms with van der Waals surface area (Å²) in [6.45, 7) is 2.54. The molecule has 5 heteroatoms. The van der Waals surface area contributed by atoms with Gasteiger partial charge < -0.3 is 0 Å². The molecule has 0 atom stereocenters. The predicted molar refractivity (Wildman–Crippen MR) is 115 cm³/mol. The number of carbonyl (C=O) groups excluding carboxylic acids is 1. The average Bonchev–Trinajstić information content (AvgIpc) is 3.09. The van der Waals surface area contributed by atoms with Crippen LogP contribution in [0.4, 0.5) is 5.13 Å². The molecule has 1 heterocycles. The van der Waals surface area contributed by atoms with E-state index in [4.69, 9.17) is 4.98 Å². The Labute approximate surface area is 170 Å². The van der Waals surface area contributed by atoms with Gasteiger partial charge in [0.25, 0.3) is 5.91 Å². The van der Waals surface area contributed by atoms with E-state index in [-0.39, 0.29) is 5.91 Å². The van der Waals surface area contributed by atoms with E-state index in [9.17, 15) is 4.79 Å². The number of fused-ring (bicyclic) bond motifs is 1. The van der Waals surface area contributed by atoms with Crippen molar-refractivity contribution in [2.75, 3.05) is 4.90 Å². The van der Waals surface area contributed by atoms with Crippen LogP contribution in [-0.2, 0) is 6.54 Å². The normalized spacial score (nSPS) is 10.9. The first-order chi connectivity index (χ1) is 13.1. The Morgan fingerprint density at radius 3 is 2.63 bits per heavy atom. The fourth-order valence-electron chi connectivity index (χ4n) is 2.90. The molecular formula is C22H17BrN2OS. The first-order valence-electron chi connectivity index (χ1n) is 8.59. The molecule has 0 spiro atoms. The van der Waals surface area contributed by atoms with Crippen LogP contribution in [-0.4, -0.2) is 10.9 Å². The van der Waals surface area contributed by atoms with Crippen LogP contribution in [0.1, 0.15) is 21.5 Å². The van der Waals surface area contributed by atoms with E-state index in [2.05, 4.69) is 28.9 Å². The maximum absolute atomic E-state index is 13.3. The van der Waals surface area contributed by atoms with Crippen molar-refractivity contribution < 1.29 is 4.79 Å². The van der Waals surface area contributed by atoms with E-state index >= 15 is 0 Å². The van der Waals surface area contributed by atoms with Crippen LogP contribution >= 0.6 is 27.3 Å². The Morgan fingerprint density at radius 1 is 1.04 bits per heavy atom. The topological polar surface area (TPSA) is 33.2 Å². The minimum atomic E-state index is -0.0593. The molecule has 0 aliphatic carbocycles. The Hall–Kier alpha value is -2.50. The summed E-state index contributed by atoms with van der Waals surface area (Å²) in [5.41, 5.74) is 3.80. The van der Waals surface area contributed by atoms with Gasteiger partial charge in [-0.3, -0.25) is 9.69 Å². The van der Waals surface area contributed by atoms with Gasteiger partial charge in [-0.05, 0) is 48.4 Å². The second-order valence-corrected chi connectivity index (χ2v) is 8.28. The van der Waals surface area contributed by atoms with Gasteiger partial charge in [-0.15, -0.1) is 0 Å². The molecule has 134 valence electrons. The van der Waals surface area contributed by atoms with Crippen LogP contribution < -0.4 is 4.90 Å². The Balaban J connectivity index is 1.77. The molecule has 0 radical (unpaired) electrons. The zero-order valence-corrected chi connectivity index (χ0v) is 17.1. The lowest BCUT2D eigenvalue weighted by atomic mass is 10.1. The Morgan fingerprint density at radius 2 is 1.85 bits per heavy atom. The number of thiazole rings is 1. The van der Waals surface area contributed by atoms with Gasteiger partial charge in [0.2, 0.25) is 0 Å². The zero-order chi connectivity index (χ0) is 18.8. The molecule has 1 aromatic heterocycles. The summed E-state index contributed by atoms with van der Waals surface area (Å²) in [5, 5.41) is 0.712. The molecule has 4 rings (SSSR count). The van der Waals surface area contributed by atoms with Crippen molar-refractivity contribution in [3.8, 4) is 0 Å². The molecule has 0 saturated carbocycles. The third-order valence-corrected chi connectivity index (χ3v) is 5.80. The number of hydrogen-bond donors (Lipinski definition) is 0. The predicted octanol–water partition coefficient (Wildman–Crippen LogP) is 6.21. The van der Waals surface area contributed by atoms with Crippen molar-refractivity contribution in [2.24, 2.45) is 0 Å². The van der Waals surface area contributed by atoms with Gasteiger partial charge in [0.1, 0.15) is 0 Å². The molecule has 3 nitrogen and oxygen atoms in total. The van der Waals surface area contributed by atoms with Gasteiger partial charge in [-0.25, -0.2) is 4.98 Å². The van der Waals surface area contributed by atoms with E-state index in [1.165, 1.54) is 5.56 Å². The largest absolute Gasteiger partial charge is 0.279 e. The van der Waals surface area contributed by atoms with Crippen LogP contribution in [0.2, 0.25) is 0 Å². The van der Waals surface area contributed by atoms with Crippen molar-refractivity contribution in [3.05, 3.63) is 94.0 Å². The third-order valence-electron chi connectivity index (χ3n) is 4.26. The molecule has 1 amide bonds. The number of anilines is 1. The lowest BCUT2D eigenvalue weighted by Gasteiger charge is -2.20. The fourth-order valence-corrected chi connectivity index (χ4v) is 4.37. The van der Waals surface area contributed by atoms with Gasteiger partial charge in [0.15, 0.2) is 5.13 Å². The highest BCUT2D eigenvalue weighted by Crippen LogP contribution is 2.31. The van der Waals surface area contributed by atoms with E-state index < -0.39 is 0 Å². The summed E-state index contributed by atoms with van der Waals surface area (Å²) in [7, 11) is 0. The summed E-state index contributed by atoms with van der Waals surface area (Å²) in [6.07, 6.45) is 0. The van der Waals surface area contributed by atoms with Crippen LogP contribution in [0.25, 0.3) is 10.2 Å². The SMILES string of the molecule is Cc1ccc2nc(N(Cc3ccccc3)C(=O)c3cccc(Br)c3)sc2c1. The van der Waals surface area contributed by atoms with E-state index in [1.54, 1.807) is 16.2 Å². The lowest BCUT2D eigenvalue weighted by molar-refractivity contribution is 0.0985. The Bertz CT molecular complexity index is 1110. The number of halogens is 1. The van der Waals surface area contributed by atoms with Gasteiger partial charge >= 0.3 is 0 Å². The summed E-state index contributed by atoms with van der Waals surface area (Å²) >= 11 is 5.00. The Kier molecular flexibility index (Phi) is 5.05. The third kappa shape index (κ3) is 3.94. The number of rotatable bonds is 4. The summed E-state index contributed by atoms with van der Waals surface area (Å²) in [6, 6.07) is 23.6. The van der Waals surface area contributed by atoms with Crippen molar-refractivity contribution in [1.29, 1.82) is 0 Å². The smallest absolute Gasteiger partial charge is 0.260 e. The molecule has 27 heavy (non-hydrogen) atoms. The molecule has 0 saturated heterocycles. The monoisotopic (exact) mass is 436 g/mol. The number of benzene rings is 3. The molecule has 0 aliphatic heterocycles. The molecule has 3 aromatic carbocycles. The zero-order valence-electron chi connectivity index (χ0n) is 14.7. The molecule has 4 aromatic rings.